The molecule has 276 valence electrons. The van der Waals surface area contributed by atoms with Crippen LogP contribution in [0.1, 0.15) is 25.8 Å². The largest absolute Gasteiger partial charge is 0.479 e. The van der Waals surface area contributed by atoms with Crippen LogP contribution in [0.3, 0.4) is 0 Å². The summed E-state index contributed by atoms with van der Waals surface area (Å²) in [6.45, 7) is 3.75. The third kappa shape index (κ3) is 8.90. The second-order valence-corrected chi connectivity index (χ2v) is 15.0. The van der Waals surface area contributed by atoms with Crippen LogP contribution in [0, 0.1) is 11.8 Å². The lowest BCUT2D eigenvalue weighted by molar-refractivity contribution is -0.306. The first-order valence-corrected chi connectivity index (χ1v) is 17.9. The van der Waals surface area contributed by atoms with Crippen LogP contribution in [-0.4, -0.2) is 127 Å². The lowest BCUT2D eigenvalue weighted by Gasteiger charge is -2.42. The van der Waals surface area contributed by atoms with Gasteiger partial charge in [0.1, 0.15) is 24.4 Å². The van der Waals surface area contributed by atoms with E-state index in [1.54, 1.807) is 30.3 Å². The lowest BCUT2D eigenvalue weighted by atomic mass is 9.98. The number of carboxylic acid groups (broad SMARTS) is 1. The molecule has 0 aliphatic carbocycles. The van der Waals surface area contributed by atoms with Gasteiger partial charge >= 0.3 is 12.1 Å². The Kier molecular flexibility index (Phi) is 12.3. The fraction of sp³-hybridized carbons (Fsp3) is 0.576. The number of aliphatic carboxylic acids is 1. The van der Waals surface area contributed by atoms with Crippen molar-refractivity contribution in [3.63, 3.8) is 0 Å². The standard InChI is InChI=1S/C33H45N3O13S/c1-18(2)15-36(50(43,44)21-10-8-20(34)9-11-21)16-24(47-32-28(39)26(37)27(38)29(49-32)30(40)41)23(14-19-6-4-3-5-7-19)35-33(42)48-25-17-46-31-22(25)12-13-45-31/h3-11,18,22-29,31-32,37-39H,12-17,34H2,1-2H3,(H,35,42)(H,40,41)/t22-,23-,24+,25-,26-,27-,28-,29-,31+,32+/m0/s1. The molecule has 3 fully saturated rings. The van der Waals surface area contributed by atoms with Crippen LogP contribution in [0.2, 0.25) is 0 Å². The predicted octanol–water partition coefficient (Wildman–Crippen LogP) is 0.292. The molecule has 0 spiro atoms. The minimum atomic E-state index is -4.23. The van der Waals surface area contributed by atoms with Gasteiger partial charge in [-0.05, 0) is 48.6 Å². The van der Waals surface area contributed by atoms with E-state index in [2.05, 4.69) is 5.32 Å². The van der Waals surface area contributed by atoms with E-state index in [-0.39, 0.29) is 36.3 Å². The monoisotopic (exact) mass is 723 g/mol. The highest BCUT2D eigenvalue weighted by molar-refractivity contribution is 7.89. The van der Waals surface area contributed by atoms with Crippen molar-refractivity contribution >= 4 is 27.8 Å². The molecule has 16 nitrogen and oxygen atoms in total. The number of benzene rings is 2. The molecule has 0 saturated carbocycles. The first kappa shape index (κ1) is 37.9. The third-order valence-corrected chi connectivity index (χ3v) is 10.7. The number of nitrogens with one attached hydrogen (secondary N) is 1. The fourth-order valence-electron chi connectivity index (χ4n) is 6.28. The number of carbonyl (C=O) groups excluding carboxylic acids is 1. The number of aliphatic hydroxyl groups excluding tert-OH is 3. The Bertz CT molecular complexity index is 1550. The Balaban J connectivity index is 1.51. The molecule has 0 unspecified atom stereocenters. The fourth-order valence-corrected chi connectivity index (χ4v) is 7.90. The number of rotatable bonds is 14. The van der Waals surface area contributed by atoms with Crippen molar-refractivity contribution < 1.29 is 62.1 Å². The molecule has 3 aliphatic rings. The minimum absolute atomic E-state index is 0.00920. The summed E-state index contributed by atoms with van der Waals surface area (Å²) in [6.07, 6.45) is -12.4. The van der Waals surface area contributed by atoms with E-state index in [4.69, 9.17) is 29.4 Å². The maximum atomic E-state index is 14.1. The van der Waals surface area contributed by atoms with Crippen molar-refractivity contribution in [2.45, 2.75) is 86.8 Å². The van der Waals surface area contributed by atoms with E-state index in [1.807, 2.05) is 13.8 Å². The number of nitrogen functional groups attached to an aromatic ring is 1. The molecular formula is C33H45N3O13S. The van der Waals surface area contributed by atoms with Crippen molar-refractivity contribution in [1.82, 2.24) is 9.62 Å². The van der Waals surface area contributed by atoms with E-state index in [9.17, 15) is 38.4 Å². The van der Waals surface area contributed by atoms with E-state index < -0.39 is 83.9 Å². The van der Waals surface area contributed by atoms with Crippen LogP contribution >= 0.6 is 0 Å². The Hall–Kier alpha value is -3.39. The molecule has 2 aromatic carbocycles. The second kappa shape index (κ2) is 16.3. The van der Waals surface area contributed by atoms with Gasteiger partial charge in [0.25, 0.3) is 0 Å². The number of hydrogen-bond donors (Lipinski definition) is 6. The summed E-state index contributed by atoms with van der Waals surface area (Å²) < 4.78 is 57.9. The molecular weight excluding hydrogens is 678 g/mol. The molecule has 7 N–H and O–H groups in total. The zero-order valence-corrected chi connectivity index (χ0v) is 28.5. The molecule has 2 aromatic rings. The third-order valence-electron chi connectivity index (χ3n) is 8.89. The van der Waals surface area contributed by atoms with Gasteiger partial charge in [-0.2, -0.15) is 4.31 Å². The minimum Gasteiger partial charge on any atom is -0.479 e. The van der Waals surface area contributed by atoms with Crippen LogP contribution in [0.5, 0.6) is 0 Å². The smallest absolute Gasteiger partial charge is 0.407 e. The SMILES string of the molecule is CC(C)CN(C[C@@H](O[C@@H]1O[C@H](C(=O)O)[C@@H](O)[C@H](O)[C@@H]1O)[C@H](Cc1ccccc1)NC(=O)O[C@H]1CO[C@H]2OCC[C@H]21)S(=O)(=O)c1ccc(N)cc1. The average molecular weight is 724 g/mol. The summed E-state index contributed by atoms with van der Waals surface area (Å²) in [7, 11) is -4.23. The van der Waals surface area contributed by atoms with Gasteiger partial charge in [0.15, 0.2) is 18.7 Å². The highest BCUT2D eigenvalue weighted by atomic mass is 32.2. The quantitative estimate of drug-likeness (QED) is 0.144. The van der Waals surface area contributed by atoms with Gasteiger partial charge in [-0.25, -0.2) is 18.0 Å². The van der Waals surface area contributed by atoms with Gasteiger partial charge in [0.2, 0.25) is 10.0 Å². The normalized spacial score (nSPS) is 29.4. The first-order valence-electron chi connectivity index (χ1n) is 16.4. The Morgan fingerprint density at radius 2 is 1.70 bits per heavy atom. The van der Waals surface area contributed by atoms with Crippen molar-refractivity contribution in [1.29, 1.82) is 0 Å². The van der Waals surface area contributed by atoms with Crippen LogP contribution in [0.4, 0.5) is 10.5 Å². The number of ether oxygens (including phenoxy) is 5. The van der Waals surface area contributed by atoms with Crippen LogP contribution in [0.25, 0.3) is 0 Å². The zero-order valence-electron chi connectivity index (χ0n) is 27.7. The summed E-state index contributed by atoms with van der Waals surface area (Å²) >= 11 is 0. The molecule has 3 heterocycles. The lowest BCUT2D eigenvalue weighted by Crippen LogP contribution is -2.62. The van der Waals surface area contributed by atoms with Gasteiger partial charge < -0.3 is 55.2 Å². The van der Waals surface area contributed by atoms with Crippen molar-refractivity contribution in [3.05, 3.63) is 60.2 Å². The van der Waals surface area contributed by atoms with Gasteiger partial charge in [-0.15, -0.1) is 0 Å². The summed E-state index contributed by atoms with van der Waals surface area (Å²) in [6, 6.07) is 13.4. The maximum Gasteiger partial charge on any atom is 0.407 e. The topological polar surface area (TPSA) is 237 Å². The van der Waals surface area contributed by atoms with Crippen LogP contribution in [-0.2, 0) is 44.9 Å². The summed E-state index contributed by atoms with van der Waals surface area (Å²) in [5.74, 6) is -1.99. The summed E-state index contributed by atoms with van der Waals surface area (Å²) in [4.78, 5) is 25.4. The van der Waals surface area contributed by atoms with Gasteiger partial charge in [0, 0.05) is 18.8 Å². The molecule has 0 aromatic heterocycles. The number of anilines is 1. The summed E-state index contributed by atoms with van der Waals surface area (Å²) in [5.41, 5.74) is 6.87. The van der Waals surface area contributed by atoms with E-state index in [0.717, 1.165) is 4.31 Å². The molecule has 1 amide bonds. The number of hydrogen-bond acceptors (Lipinski definition) is 13. The molecule has 3 saturated heterocycles. The first-order chi connectivity index (χ1) is 23.7. The van der Waals surface area contributed by atoms with E-state index in [0.29, 0.717) is 24.3 Å². The highest BCUT2D eigenvalue weighted by Gasteiger charge is 2.49. The molecule has 50 heavy (non-hydrogen) atoms. The van der Waals surface area contributed by atoms with Crippen LogP contribution < -0.4 is 11.1 Å². The van der Waals surface area contributed by atoms with Crippen molar-refractivity contribution in [2.24, 2.45) is 11.8 Å². The summed E-state index contributed by atoms with van der Waals surface area (Å²) in [5, 5.41) is 44.2. The number of nitrogens with zero attached hydrogens (tertiary/aromatic N) is 1. The number of aliphatic hydroxyl groups is 3. The van der Waals surface area contributed by atoms with Crippen molar-refractivity contribution in [3.8, 4) is 0 Å². The number of alkyl carbamates (subject to hydrolysis) is 1. The van der Waals surface area contributed by atoms with Gasteiger partial charge in [-0.3, -0.25) is 0 Å². The molecule has 17 heteroatoms. The number of fused-ring (bicyclic) bond motifs is 1. The van der Waals surface area contributed by atoms with Gasteiger partial charge in [-0.1, -0.05) is 44.2 Å². The number of amides is 1. The second-order valence-electron chi connectivity index (χ2n) is 13.1. The molecule has 10 atom stereocenters. The molecule has 0 radical (unpaired) electrons. The van der Waals surface area contributed by atoms with Gasteiger partial charge in [0.05, 0.1) is 36.2 Å². The predicted molar refractivity (Wildman–Crippen MR) is 175 cm³/mol. The number of carbonyl (C=O) groups is 2. The molecule has 0 bridgehead atoms. The molecule has 3 aliphatic heterocycles. The average Bonchev–Trinajstić information content (AvgIpc) is 3.69. The molecule has 5 rings (SSSR count). The zero-order chi connectivity index (χ0) is 36.2. The number of carboxylic acids is 1. The maximum absolute atomic E-state index is 14.1. The number of sulfonamides is 1. The van der Waals surface area contributed by atoms with Crippen LogP contribution in [0.15, 0.2) is 59.5 Å². The Morgan fingerprint density at radius 3 is 2.36 bits per heavy atom. The van der Waals surface area contributed by atoms with E-state index in [1.165, 1.54) is 24.3 Å². The Morgan fingerprint density at radius 1 is 1.00 bits per heavy atom. The highest BCUT2D eigenvalue weighted by Crippen LogP contribution is 2.33. The van der Waals surface area contributed by atoms with E-state index >= 15 is 0 Å². The Labute approximate surface area is 290 Å². The van der Waals surface area contributed by atoms with Crippen molar-refractivity contribution in [2.75, 3.05) is 32.0 Å². The number of nitrogens with two attached hydrogens (primary N) is 1.